The van der Waals surface area contributed by atoms with E-state index >= 15 is 0 Å². The van der Waals surface area contributed by atoms with Gasteiger partial charge in [-0.3, -0.25) is 9.59 Å². The van der Waals surface area contributed by atoms with Crippen molar-refractivity contribution in [2.24, 2.45) is 0 Å². The zero-order valence-corrected chi connectivity index (χ0v) is 10.4. The Morgan fingerprint density at radius 2 is 2.28 bits per heavy atom. The second kappa shape index (κ2) is 4.96. The standard InChI is InChI=1S/C10H11N5O2S/c1-12-6(16)4-13-9(17)8-7(11)5-2-3-14-15-10(5)18-8/h2-3H,4,11H2,1H3,(H,12,16)(H,13,17). The third kappa shape index (κ3) is 2.23. The van der Waals surface area contributed by atoms with Gasteiger partial charge in [0.25, 0.3) is 5.91 Å². The van der Waals surface area contributed by atoms with Gasteiger partial charge in [0.2, 0.25) is 5.91 Å². The molecule has 0 aliphatic heterocycles. The first-order chi connectivity index (χ1) is 8.63. The zero-order valence-electron chi connectivity index (χ0n) is 9.56. The maximum atomic E-state index is 11.8. The molecule has 2 aromatic heterocycles. The Kier molecular flexibility index (Phi) is 3.38. The Morgan fingerprint density at radius 1 is 1.50 bits per heavy atom. The van der Waals surface area contributed by atoms with Gasteiger partial charge in [0.15, 0.2) is 0 Å². The second-order valence-corrected chi connectivity index (χ2v) is 4.45. The molecule has 2 amide bonds. The number of fused-ring (bicyclic) bond motifs is 1. The summed E-state index contributed by atoms with van der Waals surface area (Å²) in [4.78, 5) is 23.8. The van der Waals surface area contributed by atoms with Crippen LogP contribution >= 0.6 is 11.3 Å². The smallest absolute Gasteiger partial charge is 0.264 e. The summed E-state index contributed by atoms with van der Waals surface area (Å²) in [5, 5.41) is 13.2. The fraction of sp³-hybridized carbons (Fsp3) is 0.200. The maximum Gasteiger partial charge on any atom is 0.264 e. The lowest BCUT2D eigenvalue weighted by atomic mass is 10.3. The minimum Gasteiger partial charge on any atom is -0.397 e. The van der Waals surface area contributed by atoms with Crippen LogP contribution in [-0.2, 0) is 4.79 Å². The van der Waals surface area contributed by atoms with E-state index in [0.29, 0.717) is 20.8 Å². The summed E-state index contributed by atoms with van der Waals surface area (Å²) in [5.74, 6) is -0.665. The highest BCUT2D eigenvalue weighted by molar-refractivity contribution is 7.21. The third-order valence-electron chi connectivity index (χ3n) is 2.31. The number of thiophene rings is 1. The van der Waals surface area contributed by atoms with Crippen molar-refractivity contribution < 1.29 is 9.59 Å². The Balaban J connectivity index is 2.23. The van der Waals surface area contributed by atoms with E-state index < -0.39 is 0 Å². The second-order valence-electron chi connectivity index (χ2n) is 3.45. The summed E-state index contributed by atoms with van der Waals surface area (Å²) in [7, 11) is 1.50. The molecule has 2 aromatic rings. The van der Waals surface area contributed by atoms with Gasteiger partial charge in [-0.25, -0.2) is 0 Å². The molecular weight excluding hydrogens is 254 g/mol. The fourth-order valence-electron chi connectivity index (χ4n) is 1.37. The molecule has 0 aromatic carbocycles. The molecule has 7 nitrogen and oxygen atoms in total. The van der Waals surface area contributed by atoms with Crippen LogP contribution in [0, 0.1) is 0 Å². The number of amides is 2. The van der Waals surface area contributed by atoms with Crippen LogP contribution in [0.3, 0.4) is 0 Å². The van der Waals surface area contributed by atoms with Crippen LogP contribution in [0.25, 0.3) is 10.2 Å². The summed E-state index contributed by atoms with van der Waals surface area (Å²) in [5.41, 5.74) is 6.22. The van der Waals surface area contributed by atoms with E-state index in [2.05, 4.69) is 20.8 Å². The lowest BCUT2D eigenvalue weighted by Crippen LogP contribution is -2.35. The highest BCUT2D eigenvalue weighted by Crippen LogP contribution is 2.31. The molecule has 18 heavy (non-hydrogen) atoms. The van der Waals surface area contributed by atoms with Crippen molar-refractivity contribution in [3.8, 4) is 0 Å². The van der Waals surface area contributed by atoms with Gasteiger partial charge < -0.3 is 16.4 Å². The molecule has 0 aliphatic carbocycles. The van der Waals surface area contributed by atoms with Crippen LogP contribution in [-0.4, -0.2) is 35.6 Å². The third-order valence-corrected chi connectivity index (χ3v) is 3.42. The first-order valence-corrected chi connectivity index (χ1v) is 5.93. The van der Waals surface area contributed by atoms with Crippen molar-refractivity contribution in [2.75, 3.05) is 19.3 Å². The number of hydrogen-bond donors (Lipinski definition) is 3. The molecule has 8 heteroatoms. The summed E-state index contributed by atoms with van der Waals surface area (Å²) >= 11 is 1.15. The van der Waals surface area contributed by atoms with Crippen LogP contribution in [0.15, 0.2) is 12.3 Å². The van der Waals surface area contributed by atoms with Crippen LogP contribution < -0.4 is 16.4 Å². The molecular formula is C10H11N5O2S. The minimum absolute atomic E-state index is 0.0886. The topological polar surface area (TPSA) is 110 Å². The largest absolute Gasteiger partial charge is 0.397 e. The number of anilines is 1. The van der Waals surface area contributed by atoms with Crippen molar-refractivity contribution >= 4 is 39.1 Å². The Bertz CT molecular complexity index is 609. The van der Waals surface area contributed by atoms with Crippen molar-refractivity contribution in [1.29, 1.82) is 0 Å². The van der Waals surface area contributed by atoms with Crippen LogP contribution in [0.5, 0.6) is 0 Å². The number of rotatable bonds is 3. The van der Waals surface area contributed by atoms with Gasteiger partial charge >= 0.3 is 0 Å². The number of nitrogens with zero attached hydrogens (tertiary/aromatic N) is 2. The number of carbonyl (C=O) groups is 2. The lowest BCUT2D eigenvalue weighted by molar-refractivity contribution is -0.119. The molecule has 0 saturated heterocycles. The molecule has 0 atom stereocenters. The molecule has 0 bridgehead atoms. The molecule has 0 saturated carbocycles. The van der Waals surface area contributed by atoms with Crippen molar-refractivity contribution in [1.82, 2.24) is 20.8 Å². The number of likely N-dealkylation sites (N-methyl/N-ethyl adjacent to an activating group) is 1. The monoisotopic (exact) mass is 265 g/mol. The first-order valence-electron chi connectivity index (χ1n) is 5.12. The number of nitrogens with one attached hydrogen (secondary N) is 2. The van der Waals surface area contributed by atoms with Crippen LogP contribution in [0.4, 0.5) is 5.69 Å². The molecule has 4 N–H and O–H groups in total. The molecule has 2 heterocycles. The summed E-state index contributed by atoms with van der Waals surface area (Å²) in [6.45, 7) is -0.0886. The van der Waals surface area contributed by atoms with Crippen LogP contribution in [0.1, 0.15) is 9.67 Å². The van der Waals surface area contributed by atoms with Crippen molar-refractivity contribution in [3.05, 3.63) is 17.1 Å². The molecule has 0 unspecified atom stereocenters. The van der Waals surface area contributed by atoms with Gasteiger partial charge in [-0.15, -0.1) is 16.4 Å². The van der Waals surface area contributed by atoms with Gasteiger partial charge in [-0.05, 0) is 6.07 Å². The highest BCUT2D eigenvalue weighted by atomic mass is 32.1. The normalized spacial score (nSPS) is 10.3. The Hall–Kier alpha value is -2.22. The Labute approximate surface area is 106 Å². The zero-order chi connectivity index (χ0) is 13.1. The number of nitrogen functional groups attached to an aromatic ring is 1. The minimum atomic E-state index is -0.390. The van der Waals surface area contributed by atoms with E-state index in [4.69, 9.17) is 5.73 Å². The molecule has 0 aliphatic rings. The first kappa shape index (κ1) is 12.2. The molecule has 94 valence electrons. The SMILES string of the molecule is CNC(=O)CNC(=O)c1sc2nnccc2c1N. The Morgan fingerprint density at radius 3 is 2.94 bits per heavy atom. The number of carbonyl (C=O) groups excluding carboxylic acids is 2. The van der Waals surface area contributed by atoms with Gasteiger partial charge in [-0.2, -0.15) is 5.10 Å². The van der Waals surface area contributed by atoms with E-state index in [1.165, 1.54) is 13.2 Å². The van der Waals surface area contributed by atoms with Gasteiger partial charge in [-0.1, -0.05) is 0 Å². The summed E-state index contributed by atoms with van der Waals surface area (Å²) in [6.07, 6.45) is 1.51. The van der Waals surface area contributed by atoms with Gasteiger partial charge in [0, 0.05) is 12.4 Å². The summed E-state index contributed by atoms with van der Waals surface area (Å²) < 4.78 is 0. The number of hydrogen-bond acceptors (Lipinski definition) is 6. The van der Waals surface area contributed by atoms with E-state index in [-0.39, 0.29) is 18.4 Å². The highest BCUT2D eigenvalue weighted by Gasteiger charge is 2.17. The van der Waals surface area contributed by atoms with E-state index in [1.54, 1.807) is 6.07 Å². The van der Waals surface area contributed by atoms with E-state index in [9.17, 15) is 9.59 Å². The predicted octanol–water partition coefficient (Wildman–Crippen LogP) is -0.251. The molecule has 0 radical (unpaired) electrons. The lowest BCUT2D eigenvalue weighted by Gasteiger charge is -2.02. The average molecular weight is 265 g/mol. The summed E-state index contributed by atoms with van der Waals surface area (Å²) in [6, 6.07) is 1.70. The number of nitrogens with two attached hydrogens (primary N) is 1. The molecule has 0 spiro atoms. The average Bonchev–Trinajstić information content (AvgIpc) is 2.73. The predicted molar refractivity (Wildman–Crippen MR) is 68.2 cm³/mol. The van der Waals surface area contributed by atoms with E-state index in [1.807, 2.05) is 0 Å². The van der Waals surface area contributed by atoms with Crippen molar-refractivity contribution in [3.63, 3.8) is 0 Å². The molecule has 0 fully saturated rings. The molecule has 2 rings (SSSR count). The van der Waals surface area contributed by atoms with Gasteiger partial charge in [0.1, 0.15) is 9.71 Å². The van der Waals surface area contributed by atoms with E-state index in [0.717, 1.165) is 11.3 Å². The maximum absolute atomic E-state index is 11.8. The quantitative estimate of drug-likeness (QED) is 0.708. The number of aromatic nitrogens is 2. The fourth-order valence-corrected chi connectivity index (χ4v) is 2.33. The van der Waals surface area contributed by atoms with Gasteiger partial charge in [0.05, 0.1) is 18.4 Å². The van der Waals surface area contributed by atoms with Crippen molar-refractivity contribution in [2.45, 2.75) is 0 Å². The van der Waals surface area contributed by atoms with Crippen LogP contribution in [0.2, 0.25) is 0 Å².